The van der Waals surface area contributed by atoms with Gasteiger partial charge in [0.25, 0.3) is 11.8 Å². The molecule has 0 saturated heterocycles. The van der Waals surface area contributed by atoms with Crippen LogP contribution < -0.4 is 10.6 Å². The van der Waals surface area contributed by atoms with Gasteiger partial charge in [-0.1, -0.05) is 12.1 Å². The minimum Gasteiger partial charge on any atom is -0.459 e. The van der Waals surface area contributed by atoms with E-state index in [1.54, 1.807) is 42.5 Å². The van der Waals surface area contributed by atoms with Crippen LogP contribution in [-0.4, -0.2) is 24.4 Å². The van der Waals surface area contributed by atoms with Crippen LogP contribution in [0.25, 0.3) is 0 Å². The number of hydrogen-bond donors (Lipinski definition) is 2. The van der Waals surface area contributed by atoms with E-state index in [0.717, 1.165) is 0 Å². The molecule has 1 heterocycles. The van der Waals surface area contributed by atoms with Crippen molar-refractivity contribution in [3.05, 3.63) is 83.8 Å². The largest absolute Gasteiger partial charge is 0.459 e. The molecule has 8 nitrogen and oxygen atoms in total. The maximum absolute atomic E-state index is 12.4. The summed E-state index contributed by atoms with van der Waals surface area (Å²) in [5.41, 5.74) is 1.25. The van der Waals surface area contributed by atoms with Gasteiger partial charge < -0.3 is 19.8 Å². The smallest absolute Gasteiger partial charge is 0.340 e. The Labute approximate surface area is 165 Å². The zero-order valence-corrected chi connectivity index (χ0v) is 15.0. The average molecular weight is 389 g/mol. The standard InChI is InChI=1S/C21H15N3O5/c22-12-14-7-9-15(10-8-14)23-19(25)13-29-21(27)16-4-1-2-5-17(16)24-20(26)18-6-3-11-28-18/h1-11H,13H2,(H,23,25)(H,24,26). The van der Waals surface area contributed by atoms with E-state index in [1.165, 1.54) is 24.5 Å². The molecule has 0 atom stereocenters. The molecule has 2 N–H and O–H groups in total. The van der Waals surface area contributed by atoms with Gasteiger partial charge in [-0.25, -0.2) is 4.79 Å². The minimum atomic E-state index is -0.768. The summed E-state index contributed by atoms with van der Waals surface area (Å²) in [6.07, 6.45) is 1.36. The molecule has 0 bridgehead atoms. The van der Waals surface area contributed by atoms with Crippen molar-refractivity contribution in [2.24, 2.45) is 0 Å². The fraction of sp³-hybridized carbons (Fsp3) is 0.0476. The summed E-state index contributed by atoms with van der Waals surface area (Å²) in [7, 11) is 0. The molecule has 144 valence electrons. The lowest BCUT2D eigenvalue weighted by atomic mass is 10.1. The first-order chi connectivity index (χ1) is 14.1. The minimum absolute atomic E-state index is 0.0926. The van der Waals surface area contributed by atoms with Crippen LogP contribution in [0.15, 0.2) is 71.3 Å². The van der Waals surface area contributed by atoms with Crippen molar-refractivity contribution < 1.29 is 23.5 Å². The van der Waals surface area contributed by atoms with Gasteiger partial charge in [0.05, 0.1) is 29.1 Å². The summed E-state index contributed by atoms with van der Waals surface area (Å²) in [5, 5.41) is 13.9. The van der Waals surface area contributed by atoms with Gasteiger partial charge in [-0.3, -0.25) is 9.59 Å². The van der Waals surface area contributed by atoms with Crippen molar-refractivity contribution in [3.63, 3.8) is 0 Å². The number of hydrogen-bond acceptors (Lipinski definition) is 6. The van der Waals surface area contributed by atoms with Crippen LogP contribution in [-0.2, 0) is 9.53 Å². The quantitative estimate of drug-likeness (QED) is 0.625. The molecular weight excluding hydrogens is 374 g/mol. The molecule has 0 saturated carbocycles. The molecule has 0 fully saturated rings. The highest BCUT2D eigenvalue weighted by Gasteiger charge is 2.17. The lowest BCUT2D eigenvalue weighted by molar-refractivity contribution is -0.119. The van der Waals surface area contributed by atoms with E-state index in [1.807, 2.05) is 6.07 Å². The predicted octanol–water partition coefficient (Wildman–Crippen LogP) is 3.20. The number of nitrogens with one attached hydrogen (secondary N) is 2. The Balaban J connectivity index is 1.59. The van der Waals surface area contributed by atoms with E-state index in [-0.39, 0.29) is 17.0 Å². The van der Waals surface area contributed by atoms with Crippen LogP contribution in [0.4, 0.5) is 11.4 Å². The first-order valence-corrected chi connectivity index (χ1v) is 8.48. The number of nitriles is 1. The summed E-state index contributed by atoms with van der Waals surface area (Å²) in [6.45, 7) is -0.515. The number of ether oxygens (including phenoxy) is 1. The van der Waals surface area contributed by atoms with Gasteiger partial charge in [-0.05, 0) is 48.5 Å². The normalized spacial score (nSPS) is 9.90. The molecule has 29 heavy (non-hydrogen) atoms. The number of amides is 2. The number of furan rings is 1. The number of rotatable bonds is 6. The Kier molecular flexibility index (Phi) is 6.02. The maximum atomic E-state index is 12.4. The number of carbonyl (C=O) groups is 3. The van der Waals surface area contributed by atoms with E-state index in [9.17, 15) is 14.4 Å². The molecule has 8 heteroatoms. The summed E-state index contributed by atoms with van der Waals surface area (Å²) in [6, 6.07) is 17.5. The number of esters is 1. The number of anilines is 2. The van der Waals surface area contributed by atoms with E-state index < -0.39 is 24.4 Å². The summed E-state index contributed by atoms with van der Waals surface area (Å²) in [4.78, 5) is 36.5. The molecule has 0 spiro atoms. The second-order valence-electron chi connectivity index (χ2n) is 5.79. The zero-order valence-electron chi connectivity index (χ0n) is 15.0. The third-order valence-corrected chi connectivity index (χ3v) is 3.77. The van der Waals surface area contributed by atoms with Gasteiger partial charge in [-0.2, -0.15) is 5.26 Å². The topological polar surface area (TPSA) is 121 Å². The van der Waals surface area contributed by atoms with E-state index >= 15 is 0 Å². The fourth-order valence-electron chi connectivity index (χ4n) is 2.40. The molecular formula is C21H15N3O5. The Morgan fingerprint density at radius 3 is 2.41 bits per heavy atom. The van der Waals surface area contributed by atoms with Gasteiger partial charge in [0.2, 0.25) is 0 Å². The average Bonchev–Trinajstić information content (AvgIpc) is 3.28. The Hall–Kier alpha value is -4.38. The third-order valence-electron chi connectivity index (χ3n) is 3.77. The lowest BCUT2D eigenvalue weighted by Gasteiger charge is -2.10. The molecule has 0 aliphatic heterocycles. The van der Waals surface area contributed by atoms with Gasteiger partial charge in [-0.15, -0.1) is 0 Å². The summed E-state index contributed by atoms with van der Waals surface area (Å²) in [5.74, 6) is -1.74. The van der Waals surface area contributed by atoms with Crippen molar-refractivity contribution in [1.29, 1.82) is 5.26 Å². The van der Waals surface area contributed by atoms with Crippen molar-refractivity contribution in [3.8, 4) is 6.07 Å². The zero-order chi connectivity index (χ0) is 20.6. The summed E-state index contributed by atoms with van der Waals surface area (Å²) < 4.78 is 10.1. The molecule has 0 aliphatic rings. The van der Waals surface area contributed by atoms with Crippen LogP contribution in [0.5, 0.6) is 0 Å². The molecule has 3 aromatic rings. The Bertz CT molecular complexity index is 1070. The van der Waals surface area contributed by atoms with Crippen molar-refractivity contribution in [2.75, 3.05) is 17.2 Å². The van der Waals surface area contributed by atoms with Crippen LogP contribution in [0.1, 0.15) is 26.5 Å². The van der Waals surface area contributed by atoms with E-state index in [2.05, 4.69) is 10.6 Å². The van der Waals surface area contributed by atoms with Crippen molar-refractivity contribution in [2.45, 2.75) is 0 Å². The lowest BCUT2D eigenvalue weighted by Crippen LogP contribution is -2.22. The summed E-state index contributed by atoms with van der Waals surface area (Å²) >= 11 is 0. The second-order valence-corrected chi connectivity index (χ2v) is 5.79. The monoisotopic (exact) mass is 389 g/mol. The molecule has 0 unspecified atom stereocenters. The number of carbonyl (C=O) groups excluding carboxylic acids is 3. The van der Waals surface area contributed by atoms with Crippen LogP contribution in [0, 0.1) is 11.3 Å². The Morgan fingerprint density at radius 1 is 0.966 bits per heavy atom. The van der Waals surface area contributed by atoms with Crippen molar-refractivity contribution >= 4 is 29.2 Å². The third kappa shape index (κ3) is 5.08. The highest BCUT2D eigenvalue weighted by Crippen LogP contribution is 2.18. The van der Waals surface area contributed by atoms with Gasteiger partial charge in [0.15, 0.2) is 12.4 Å². The first kappa shape index (κ1) is 19.4. The molecule has 2 aromatic carbocycles. The number of nitrogens with zero attached hydrogens (tertiary/aromatic N) is 1. The molecule has 2 amide bonds. The highest BCUT2D eigenvalue weighted by atomic mass is 16.5. The maximum Gasteiger partial charge on any atom is 0.340 e. The predicted molar refractivity (Wildman–Crippen MR) is 103 cm³/mol. The molecule has 0 radical (unpaired) electrons. The fourth-order valence-corrected chi connectivity index (χ4v) is 2.40. The van der Waals surface area contributed by atoms with Gasteiger partial charge in [0, 0.05) is 5.69 Å². The SMILES string of the molecule is N#Cc1ccc(NC(=O)COC(=O)c2ccccc2NC(=O)c2ccco2)cc1. The second kappa shape index (κ2) is 9.01. The van der Waals surface area contributed by atoms with Crippen LogP contribution in [0.3, 0.4) is 0 Å². The highest BCUT2D eigenvalue weighted by molar-refractivity contribution is 6.07. The Morgan fingerprint density at radius 2 is 1.72 bits per heavy atom. The van der Waals surface area contributed by atoms with Crippen LogP contribution in [0.2, 0.25) is 0 Å². The number of benzene rings is 2. The first-order valence-electron chi connectivity index (χ1n) is 8.48. The molecule has 1 aromatic heterocycles. The van der Waals surface area contributed by atoms with E-state index in [4.69, 9.17) is 14.4 Å². The van der Waals surface area contributed by atoms with Gasteiger partial charge >= 0.3 is 5.97 Å². The van der Waals surface area contributed by atoms with Gasteiger partial charge in [0.1, 0.15) is 0 Å². The van der Waals surface area contributed by atoms with E-state index in [0.29, 0.717) is 11.3 Å². The molecule has 0 aliphatic carbocycles. The molecule has 3 rings (SSSR count). The van der Waals surface area contributed by atoms with Crippen molar-refractivity contribution in [1.82, 2.24) is 0 Å². The van der Waals surface area contributed by atoms with Crippen LogP contribution >= 0.6 is 0 Å². The number of para-hydroxylation sites is 1.